The van der Waals surface area contributed by atoms with Gasteiger partial charge in [-0.25, -0.2) is 14.6 Å². The molecule has 1 aromatic heterocycles. The van der Waals surface area contributed by atoms with E-state index in [4.69, 9.17) is 20.4 Å². The number of aryl methyl sites for hydroxylation is 2. The van der Waals surface area contributed by atoms with Gasteiger partial charge in [0.1, 0.15) is 0 Å². The number of imidazole rings is 1. The fourth-order valence-electron chi connectivity index (χ4n) is 2.44. The van der Waals surface area contributed by atoms with Gasteiger partial charge >= 0.3 is 11.9 Å². The van der Waals surface area contributed by atoms with Crippen molar-refractivity contribution >= 4 is 11.9 Å². The maximum absolute atomic E-state index is 9.77. The molecular weight excluding hydrogens is 328 g/mol. The van der Waals surface area contributed by atoms with Crippen LogP contribution in [-0.2, 0) is 9.59 Å². The summed E-state index contributed by atoms with van der Waals surface area (Å²) in [7, 11) is 0. The number of aliphatic hydroxyl groups is 2. The Labute approximate surface area is 144 Å². The summed E-state index contributed by atoms with van der Waals surface area (Å²) in [6, 6.07) is 6.43. The lowest BCUT2D eigenvalue weighted by Crippen LogP contribution is -2.39. The van der Waals surface area contributed by atoms with Crippen molar-refractivity contribution in [3.8, 4) is 0 Å². The standard InChI is InChI=1S/C13H16N2.C4H6O6/c1-9-5-4-6-10(2)13(9)11(3)12-7-14-8-15-12;5-1(3(7)8)2(6)4(9)10/h4-8,11H,1-3H3,(H,14,15);1-2,5-6H,(H,7,8)(H,9,10)/t11-;1-,2-/m01/s1. The summed E-state index contributed by atoms with van der Waals surface area (Å²) in [6.07, 6.45) is -0.898. The molecule has 5 N–H and O–H groups in total. The minimum absolute atomic E-state index is 0.383. The highest BCUT2D eigenvalue weighted by atomic mass is 16.4. The highest BCUT2D eigenvalue weighted by Crippen LogP contribution is 2.27. The van der Waals surface area contributed by atoms with Crippen molar-refractivity contribution in [1.82, 2.24) is 9.97 Å². The number of benzene rings is 1. The van der Waals surface area contributed by atoms with Crippen molar-refractivity contribution in [1.29, 1.82) is 0 Å². The van der Waals surface area contributed by atoms with Gasteiger partial charge in [-0.2, -0.15) is 0 Å². The van der Waals surface area contributed by atoms with Gasteiger partial charge in [0, 0.05) is 17.8 Å². The summed E-state index contributed by atoms with van der Waals surface area (Å²) in [5.41, 5.74) is 5.27. The number of carbonyl (C=O) groups is 2. The van der Waals surface area contributed by atoms with Crippen molar-refractivity contribution in [3.05, 3.63) is 53.1 Å². The fourth-order valence-corrected chi connectivity index (χ4v) is 2.44. The molecule has 0 aliphatic carbocycles. The number of nitrogens with one attached hydrogen (secondary N) is 1. The topological polar surface area (TPSA) is 144 Å². The lowest BCUT2D eigenvalue weighted by molar-refractivity contribution is -0.165. The average molecular weight is 350 g/mol. The summed E-state index contributed by atoms with van der Waals surface area (Å²) in [5.74, 6) is -3.15. The molecule has 1 heterocycles. The monoisotopic (exact) mass is 350 g/mol. The number of aromatic amines is 1. The maximum atomic E-state index is 9.77. The van der Waals surface area contributed by atoms with E-state index in [0.717, 1.165) is 0 Å². The summed E-state index contributed by atoms with van der Waals surface area (Å²) in [5, 5.41) is 32.5. The van der Waals surface area contributed by atoms with Gasteiger partial charge < -0.3 is 25.4 Å². The van der Waals surface area contributed by atoms with E-state index in [1.807, 2.05) is 6.20 Å². The van der Waals surface area contributed by atoms with Crippen molar-refractivity contribution in [3.63, 3.8) is 0 Å². The highest BCUT2D eigenvalue weighted by molar-refractivity contribution is 5.83. The molecule has 8 nitrogen and oxygen atoms in total. The lowest BCUT2D eigenvalue weighted by Gasteiger charge is -2.15. The van der Waals surface area contributed by atoms with Gasteiger partial charge in [0.2, 0.25) is 0 Å². The Hall–Kier alpha value is -2.71. The van der Waals surface area contributed by atoms with E-state index in [1.165, 1.54) is 22.4 Å². The van der Waals surface area contributed by atoms with Gasteiger partial charge in [-0.1, -0.05) is 25.1 Å². The van der Waals surface area contributed by atoms with Crippen LogP contribution in [0.4, 0.5) is 0 Å². The van der Waals surface area contributed by atoms with Crippen molar-refractivity contribution < 1.29 is 30.0 Å². The first-order valence-electron chi connectivity index (χ1n) is 7.53. The molecule has 0 aliphatic rings. The van der Waals surface area contributed by atoms with Crippen LogP contribution in [0.2, 0.25) is 0 Å². The van der Waals surface area contributed by atoms with E-state index in [-0.39, 0.29) is 0 Å². The Morgan fingerprint density at radius 1 is 1.04 bits per heavy atom. The maximum Gasteiger partial charge on any atom is 0.335 e. The molecule has 0 saturated carbocycles. The number of carboxylic acid groups (broad SMARTS) is 2. The Morgan fingerprint density at radius 3 is 1.88 bits per heavy atom. The summed E-state index contributed by atoms with van der Waals surface area (Å²) in [4.78, 5) is 26.8. The highest BCUT2D eigenvalue weighted by Gasteiger charge is 2.29. The Kier molecular flexibility index (Phi) is 7.28. The number of aliphatic carboxylic acids is 2. The molecule has 25 heavy (non-hydrogen) atoms. The number of aliphatic hydroxyl groups excluding tert-OH is 2. The second kappa shape index (κ2) is 8.95. The van der Waals surface area contributed by atoms with Gasteiger partial charge in [0.05, 0.1) is 6.33 Å². The number of hydrogen-bond donors (Lipinski definition) is 5. The number of nitrogens with zero attached hydrogens (tertiary/aromatic N) is 1. The minimum atomic E-state index is -2.27. The fraction of sp³-hybridized carbons (Fsp3) is 0.353. The first-order valence-corrected chi connectivity index (χ1v) is 7.53. The van der Waals surface area contributed by atoms with E-state index in [2.05, 4.69) is 48.9 Å². The molecule has 0 saturated heterocycles. The summed E-state index contributed by atoms with van der Waals surface area (Å²) < 4.78 is 0. The molecule has 0 fully saturated rings. The average Bonchev–Trinajstić information content (AvgIpc) is 3.08. The van der Waals surface area contributed by atoms with Crippen molar-refractivity contribution in [2.45, 2.75) is 38.9 Å². The van der Waals surface area contributed by atoms with Crippen LogP contribution in [-0.4, -0.2) is 54.5 Å². The van der Waals surface area contributed by atoms with Crippen LogP contribution in [0.3, 0.4) is 0 Å². The third-order valence-corrected chi connectivity index (χ3v) is 3.77. The van der Waals surface area contributed by atoms with E-state index in [9.17, 15) is 9.59 Å². The smallest absolute Gasteiger partial charge is 0.335 e. The second-order valence-corrected chi connectivity index (χ2v) is 5.60. The number of carboxylic acids is 2. The molecule has 0 amide bonds. The van der Waals surface area contributed by atoms with Gasteiger partial charge in [-0.15, -0.1) is 0 Å². The number of H-pyrrole nitrogens is 1. The zero-order chi connectivity index (χ0) is 19.1. The molecule has 1 aromatic carbocycles. The van der Waals surface area contributed by atoms with E-state index in [1.54, 1.807) is 6.33 Å². The molecule has 0 aliphatic heterocycles. The Balaban J connectivity index is 0.000000275. The number of hydrogen-bond acceptors (Lipinski definition) is 5. The molecule has 2 rings (SSSR count). The van der Waals surface area contributed by atoms with Crippen LogP contribution in [0.1, 0.15) is 35.2 Å². The molecular formula is C17H22N2O6. The molecule has 8 heteroatoms. The van der Waals surface area contributed by atoms with E-state index < -0.39 is 24.1 Å². The predicted molar refractivity (Wildman–Crippen MR) is 89.3 cm³/mol. The Morgan fingerprint density at radius 2 is 1.52 bits per heavy atom. The third-order valence-electron chi connectivity index (χ3n) is 3.77. The second-order valence-electron chi connectivity index (χ2n) is 5.60. The molecule has 0 spiro atoms. The van der Waals surface area contributed by atoms with Crippen LogP contribution in [0.25, 0.3) is 0 Å². The van der Waals surface area contributed by atoms with Crippen molar-refractivity contribution in [2.75, 3.05) is 0 Å². The molecule has 0 radical (unpaired) electrons. The van der Waals surface area contributed by atoms with Crippen LogP contribution >= 0.6 is 0 Å². The zero-order valence-electron chi connectivity index (χ0n) is 14.2. The molecule has 0 unspecified atom stereocenters. The molecule has 0 bridgehead atoms. The van der Waals surface area contributed by atoms with Crippen LogP contribution < -0.4 is 0 Å². The van der Waals surface area contributed by atoms with Gasteiger partial charge in [-0.05, 0) is 30.5 Å². The number of aromatic nitrogens is 2. The van der Waals surface area contributed by atoms with Crippen molar-refractivity contribution in [2.24, 2.45) is 0 Å². The minimum Gasteiger partial charge on any atom is -0.479 e. The largest absolute Gasteiger partial charge is 0.479 e. The van der Waals surface area contributed by atoms with E-state index in [0.29, 0.717) is 5.92 Å². The summed E-state index contributed by atoms with van der Waals surface area (Å²) >= 11 is 0. The predicted octanol–water partition coefficient (Wildman–Crippen LogP) is 1.06. The number of rotatable bonds is 5. The quantitative estimate of drug-likeness (QED) is 0.542. The SMILES string of the molecule is Cc1cccc(C)c1[C@@H](C)c1cnc[nH]1.O=C(O)[C@H](O)[C@@H](O)C(=O)O. The van der Waals surface area contributed by atoms with Gasteiger partial charge in [0.15, 0.2) is 12.2 Å². The molecule has 136 valence electrons. The zero-order valence-corrected chi connectivity index (χ0v) is 14.2. The first kappa shape index (κ1) is 20.3. The lowest BCUT2D eigenvalue weighted by atomic mass is 9.90. The van der Waals surface area contributed by atoms with Gasteiger partial charge in [-0.3, -0.25) is 0 Å². The van der Waals surface area contributed by atoms with Crippen LogP contribution in [0.5, 0.6) is 0 Å². The summed E-state index contributed by atoms with van der Waals surface area (Å²) in [6.45, 7) is 6.53. The molecule has 3 atom stereocenters. The van der Waals surface area contributed by atoms with Gasteiger partial charge in [0.25, 0.3) is 0 Å². The van der Waals surface area contributed by atoms with Crippen LogP contribution in [0.15, 0.2) is 30.7 Å². The van der Waals surface area contributed by atoms with Crippen LogP contribution in [0, 0.1) is 13.8 Å². The molecule has 2 aromatic rings. The first-order chi connectivity index (χ1) is 11.7. The normalized spacial score (nSPS) is 14.0. The van der Waals surface area contributed by atoms with E-state index >= 15 is 0 Å². The third kappa shape index (κ3) is 5.40. The Bertz CT molecular complexity index is 676.